The summed E-state index contributed by atoms with van der Waals surface area (Å²) in [5.41, 5.74) is 0.508. The summed E-state index contributed by atoms with van der Waals surface area (Å²) >= 11 is 0. The van der Waals surface area contributed by atoms with Gasteiger partial charge in [-0.15, -0.1) is 0 Å². The molecule has 8 nitrogen and oxygen atoms in total. The van der Waals surface area contributed by atoms with Crippen molar-refractivity contribution in [3.05, 3.63) is 54.6 Å². The number of esters is 1. The van der Waals surface area contributed by atoms with Gasteiger partial charge in [0.2, 0.25) is 10.0 Å². The third-order valence-electron chi connectivity index (χ3n) is 3.50. The maximum atomic E-state index is 12.1. The van der Waals surface area contributed by atoms with Crippen LogP contribution in [0.5, 0.6) is 5.75 Å². The van der Waals surface area contributed by atoms with E-state index in [1.165, 1.54) is 26.2 Å². The molecular formula is C18H20N2O6S. The number of hydrogen-bond acceptors (Lipinski definition) is 6. The Labute approximate surface area is 157 Å². The lowest BCUT2D eigenvalue weighted by Gasteiger charge is -2.14. The van der Waals surface area contributed by atoms with Gasteiger partial charge in [-0.2, -0.15) is 4.72 Å². The van der Waals surface area contributed by atoms with Gasteiger partial charge in [0.05, 0.1) is 12.0 Å². The number of hydrogen-bond donors (Lipinski definition) is 2. The normalized spacial score (nSPS) is 12.1. The van der Waals surface area contributed by atoms with E-state index in [-0.39, 0.29) is 4.90 Å². The van der Waals surface area contributed by atoms with Crippen LogP contribution in [0.3, 0.4) is 0 Å². The second kappa shape index (κ2) is 9.15. The summed E-state index contributed by atoms with van der Waals surface area (Å²) in [4.78, 5) is 23.9. The fraction of sp³-hybridized carbons (Fsp3) is 0.222. The number of ether oxygens (including phenoxy) is 2. The zero-order valence-corrected chi connectivity index (χ0v) is 15.7. The molecule has 2 aromatic carbocycles. The van der Waals surface area contributed by atoms with Crippen LogP contribution in [0.2, 0.25) is 0 Å². The predicted molar refractivity (Wildman–Crippen MR) is 98.8 cm³/mol. The Morgan fingerprint density at radius 1 is 1.04 bits per heavy atom. The maximum Gasteiger partial charge on any atom is 0.321 e. The van der Waals surface area contributed by atoms with Gasteiger partial charge >= 0.3 is 5.97 Å². The van der Waals surface area contributed by atoms with E-state index in [1.54, 1.807) is 42.5 Å². The summed E-state index contributed by atoms with van der Waals surface area (Å²) in [6, 6.07) is 14.2. The lowest BCUT2D eigenvalue weighted by molar-refractivity contribution is -0.151. The van der Waals surface area contributed by atoms with Crippen molar-refractivity contribution < 1.29 is 27.5 Å². The van der Waals surface area contributed by atoms with Crippen LogP contribution in [0.1, 0.15) is 6.92 Å². The Morgan fingerprint density at radius 3 is 2.26 bits per heavy atom. The Balaban J connectivity index is 1.84. The number of sulfonamides is 1. The molecule has 0 fully saturated rings. The molecule has 0 saturated carbocycles. The number of benzene rings is 2. The summed E-state index contributed by atoms with van der Waals surface area (Å²) in [6.07, 6.45) is -1.10. The predicted octanol–water partition coefficient (Wildman–Crippen LogP) is 1.54. The highest BCUT2D eigenvalue weighted by Crippen LogP contribution is 2.15. The highest BCUT2D eigenvalue weighted by atomic mass is 32.2. The average Bonchev–Trinajstić information content (AvgIpc) is 2.67. The molecule has 144 valence electrons. The first kappa shape index (κ1) is 20.4. The molecule has 0 bridgehead atoms. The monoisotopic (exact) mass is 392 g/mol. The van der Waals surface area contributed by atoms with Crippen LogP contribution >= 0.6 is 0 Å². The van der Waals surface area contributed by atoms with Crippen LogP contribution in [0, 0.1) is 0 Å². The first-order valence-corrected chi connectivity index (χ1v) is 9.49. The fourth-order valence-electron chi connectivity index (χ4n) is 2.05. The van der Waals surface area contributed by atoms with Crippen molar-refractivity contribution in [2.75, 3.05) is 19.0 Å². The molecule has 0 saturated heterocycles. The van der Waals surface area contributed by atoms with Crippen molar-refractivity contribution in [3.8, 4) is 5.75 Å². The number of amides is 1. The van der Waals surface area contributed by atoms with Crippen molar-refractivity contribution in [1.82, 2.24) is 4.72 Å². The zero-order valence-electron chi connectivity index (χ0n) is 14.8. The van der Waals surface area contributed by atoms with Crippen LogP contribution < -0.4 is 14.8 Å². The summed E-state index contributed by atoms with van der Waals surface area (Å²) in [5.74, 6) is -0.774. The van der Waals surface area contributed by atoms with Crippen LogP contribution in [-0.2, 0) is 24.3 Å². The minimum atomic E-state index is -3.83. The second-order valence-corrected chi connectivity index (χ2v) is 7.25. The van der Waals surface area contributed by atoms with Gasteiger partial charge in [0.15, 0.2) is 6.10 Å². The Morgan fingerprint density at radius 2 is 1.67 bits per heavy atom. The van der Waals surface area contributed by atoms with Crippen molar-refractivity contribution >= 4 is 27.6 Å². The van der Waals surface area contributed by atoms with Crippen molar-refractivity contribution in [3.63, 3.8) is 0 Å². The Hall–Kier alpha value is -2.91. The van der Waals surface area contributed by atoms with Gasteiger partial charge in [-0.05, 0) is 43.3 Å². The number of rotatable bonds is 8. The SMILES string of the molecule is COc1ccc(NC(=O)[C@H](C)OC(=O)CNS(=O)(=O)c2ccccc2)cc1. The van der Waals surface area contributed by atoms with E-state index in [4.69, 9.17) is 9.47 Å². The molecule has 0 heterocycles. The van der Waals surface area contributed by atoms with E-state index in [2.05, 4.69) is 10.0 Å². The number of carbonyl (C=O) groups is 2. The Kier molecular flexibility index (Phi) is 6.91. The Bertz CT molecular complexity index is 882. The minimum Gasteiger partial charge on any atom is -0.497 e. The van der Waals surface area contributed by atoms with Crippen LogP contribution in [0.15, 0.2) is 59.5 Å². The molecule has 0 aliphatic heterocycles. The maximum absolute atomic E-state index is 12.1. The van der Waals surface area contributed by atoms with E-state index >= 15 is 0 Å². The first-order valence-electron chi connectivity index (χ1n) is 8.01. The second-order valence-electron chi connectivity index (χ2n) is 5.49. The molecule has 9 heteroatoms. The smallest absolute Gasteiger partial charge is 0.321 e. The van der Waals surface area contributed by atoms with Crippen molar-refractivity contribution in [1.29, 1.82) is 0 Å². The molecule has 0 spiro atoms. The molecule has 0 unspecified atom stereocenters. The summed E-state index contributed by atoms with van der Waals surface area (Å²) in [5, 5.41) is 2.59. The molecule has 0 radical (unpaired) electrons. The summed E-state index contributed by atoms with van der Waals surface area (Å²) in [6.45, 7) is 0.805. The van der Waals surface area contributed by atoms with Gasteiger partial charge in [-0.1, -0.05) is 18.2 Å². The van der Waals surface area contributed by atoms with E-state index in [0.717, 1.165) is 0 Å². The van der Waals surface area contributed by atoms with Gasteiger partial charge in [0, 0.05) is 5.69 Å². The van der Waals surface area contributed by atoms with Gasteiger partial charge in [0.1, 0.15) is 12.3 Å². The molecule has 2 aromatic rings. The van der Waals surface area contributed by atoms with Crippen LogP contribution in [-0.4, -0.2) is 40.1 Å². The molecule has 0 aliphatic carbocycles. The molecule has 2 N–H and O–H groups in total. The molecule has 0 aromatic heterocycles. The lowest BCUT2D eigenvalue weighted by atomic mass is 10.3. The van der Waals surface area contributed by atoms with Crippen LogP contribution in [0.4, 0.5) is 5.69 Å². The zero-order chi connectivity index (χ0) is 19.9. The van der Waals surface area contributed by atoms with Gasteiger partial charge in [-0.3, -0.25) is 9.59 Å². The van der Waals surface area contributed by atoms with Crippen molar-refractivity contribution in [2.24, 2.45) is 0 Å². The third-order valence-corrected chi connectivity index (χ3v) is 4.91. The third kappa shape index (κ3) is 6.08. The molecule has 2 rings (SSSR count). The largest absolute Gasteiger partial charge is 0.497 e. The number of methoxy groups -OCH3 is 1. The average molecular weight is 392 g/mol. The van der Waals surface area contributed by atoms with E-state index in [1.807, 2.05) is 0 Å². The molecule has 0 aliphatic rings. The molecular weight excluding hydrogens is 372 g/mol. The van der Waals surface area contributed by atoms with E-state index in [9.17, 15) is 18.0 Å². The van der Waals surface area contributed by atoms with E-state index in [0.29, 0.717) is 11.4 Å². The summed E-state index contributed by atoms with van der Waals surface area (Å²) < 4.78 is 36.2. The van der Waals surface area contributed by atoms with Gasteiger partial charge in [0.25, 0.3) is 5.91 Å². The molecule has 27 heavy (non-hydrogen) atoms. The topological polar surface area (TPSA) is 111 Å². The lowest BCUT2D eigenvalue weighted by Crippen LogP contribution is -2.35. The quantitative estimate of drug-likeness (QED) is 0.660. The van der Waals surface area contributed by atoms with E-state index < -0.39 is 34.5 Å². The van der Waals surface area contributed by atoms with Gasteiger partial charge < -0.3 is 14.8 Å². The van der Waals surface area contributed by atoms with Gasteiger partial charge in [-0.25, -0.2) is 8.42 Å². The summed E-state index contributed by atoms with van der Waals surface area (Å²) in [7, 11) is -2.30. The molecule has 1 amide bonds. The number of carbonyl (C=O) groups excluding carboxylic acids is 2. The molecule has 1 atom stereocenters. The number of nitrogens with one attached hydrogen (secondary N) is 2. The highest BCUT2D eigenvalue weighted by molar-refractivity contribution is 7.89. The minimum absolute atomic E-state index is 0.0306. The fourth-order valence-corrected chi connectivity index (χ4v) is 3.04. The van der Waals surface area contributed by atoms with Crippen molar-refractivity contribution in [2.45, 2.75) is 17.9 Å². The highest BCUT2D eigenvalue weighted by Gasteiger charge is 2.20. The number of anilines is 1. The standard InChI is InChI=1S/C18H20N2O6S/c1-13(18(22)20-14-8-10-15(25-2)11-9-14)26-17(21)12-19-27(23,24)16-6-4-3-5-7-16/h3-11,13,19H,12H2,1-2H3,(H,20,22)/t13-/m0/s1. The first-order chi connectivity index (χ1) is 12.8. The van der Waals surface area contributed by atoms with Crippen LogP contribution in [0.25, 0.3) is 0 Å².